The molecule has 2 aromatic rings. The highest BCUT2D eigenvalue weighted by molar-refractivity contribution is 6.33. The van der Waals surface area contributed by atoms with Crippen molar-refractivity contribution < 1.29 is 9.90 Å². The first-order valence-corrected chi connectivity index (χ1v) is 6.92. The Morgan fingerprint density at radius 1 is 1.40 bits per heavy atom. The average molecular weight is 312 g/mol. The molecule has 1 aromatic carbocycles. The van der Waals surface area contributed by atoms with Gasteiger partial charge in [0.1, 0.15) is 0 Å². The molecule has 0 spiro atoms. The monoisotopic (exact) mass is 311 g/mol. The number of hydrogen-bond acceptors (Lipinski definition) is 3. The van der Waals surface area contributed by atoms with Crippen molar-refractivity contribution in [1.29, 1.82) is 0 Å². The molecular weight excluding hydrogens is 301 g/mol. The van der Waals surface area contributed by atoms with Crippen molar-refractivity contribution in [1.82, 2.24) is 15.0 Å². The summed E-state index contributed by atoms with van der Waals surface area (Å²) in [5.41, 5.74) is 1.50. The van der Waals surface area contributed by atoms with Crippen LogP contribution in [-0.4, -0.2) is 26.1 Å². The van der Waals surface area contributed by atoms with Crippen molar-refractivity contribution in [2.24, 2.45) is 0 Å². The zero-order chi connectivity index (χ0) is 14.3. The van der Waals surface area contributed by atoms with Crippen LogP contribution in [0.2, 0.25) is 10.0 Å². The van der Waals surface area contributed by atoms with Gasteiger partial charge in [-0.25, -0.2) is 9.48 Å². The van der Waals surface area contributed by atoms with Crippen molar-refractivity contribution in [2.45, 2.75) is 25.3 Å². The number of hydrogen-bond donors (Lipinski definition) is 1. The summed E-state index contributed by atoms with van der Waals surface area (Å²) in [5.74, 6) is -0.815. The lowest BCUT2D eigenvalue weighted by Gasteiger charge is -2.08. The molecule has 20 heavy (non-hydrogen) atoms. The number of carboxylic acids is 1. The molecule has 0 saturated heterocycles. The third-order valence-corrected chi connectivity index (χ3v) is 3.87. The molecule has 5 nitrogen and oxygen atoms in total. The second-order valence-corrected chi connectivity index (χ2v) is 5.64. The Kier molecular flexibility index (Phi) is 3.40. The third-order valence-electron chi connectivity index (χ3n) is 3.27. The summed E-state index contributed by atoms with van der Waals surface area (Å²) in [6, 6.07) is 5.17. The number of aromatic carboxylic acids is 1. The van der Waals surface area contributed by atoms with Crippen LogP contribution in [-0.2, 0) is 6.54 Å². The SMILES string of the molecule is O=C(O)c1nnn(Cc2cc(Cl)ccc2Cl)c1C1CC1. The lowest BCUT2D eigenvalue weighted by atomic mass is 10.2. The smallest absolute Gasteiger partial charge is 0.358 e. The number of benzene rings is 1. The highest BCUT2D eigenvalue weighted by Crippen LogP contribution is 2.41. The van der Waals surface area contributed by atoms with Crippen LogP contribution in [0.4, 0.5) is 0 Å². The van der Waals surface area contributed by atoms with Crippen LogP contribution in [0.3, 0.4) is 0 Å². The third kappa shape index (κ3) is 2.51. The molecule has 0 unspecified atom stereocenters. The second-order valence-electron chi connectivity index (χ2n) is 4.80. The normalized spacial score (nSPS) is 14.5. The fourth-order valence-electron chi connectivity index (χ4n) is 2.18. The summed E-state index contributed by atoms with van der Waals surface area (Å²) in [4.78, 5) is 11.2. The summed E-state index contributed by atoms with van der Waals surface area (Å²) in [6.07, 6.45) is 1.94. The van der Waals surface area contributed by atoms with Crippen LogP contribution in [0.1, 0.15) is 40.5 Å². The van der Waals surface area contributed by atoms with E-state index in [0.717, 1.165) is 18.4 Å². The van der Waals surface area contributed by atoms with Gasteiger partial charge >= 0.3 is 5.97 Å². The van der Waals surface area contributed by atoms with E-state index in [4.69, 9.17) is 28.3 Å². The van der Waals surface area contributed by atoms with E-state index in [1.54, 1.807) is 22.9 Å². The van der Waals surface area contributed by atoms with E-state index in [2.05, 4.69) is 10.3 Å². The van der Waals surface area contributed by atoms with Crippen LogP contribution in [0.25, 0.3) is 0 Å². The number of halogens is 2. The maximum atomic E-state index is 11.2. The first kappa shape index (κ1) is 13.4. The maximum Gasteiger partial charge on any atom is 0.358 e. The molecule has 1 saturated carbocycles. The predicted octanol–water partition coefficient (Wildman–Crippen LogP) is 3.21. The van der Waals surface area contributed by atoms with Gasteiger partial charge in [-0.05, 0) is 36.6 Å². The topological polar surface area (TPSA) is 68.0 Å². The minimum absolute atomic E-state index is 0.0330. The Bertz CT molecular complexity index is 680. The van der Waals surface area contributed by atoms with Gasteiger partial charge in [-0.1, -0.05) is 28.4 Å². The second kappa shape index (κ2) is 5.07. The Morgan fingerprint density at radius 2 is 2.15 bits per heavy atom. The Balaban J connectivity index is 1.98. The van der Waals surface area contributed by atoms with Crippen molar-refractivity contribution >= 4 is 29.2 Å². The molecule has 0 aliphatic heterocycles. The van der Waals surface area contributed by atoms with Crippen molar-refractivity contribution in [2.75, 3.05) is 0 Å². The fourth-order valence-corrected chi connectivity index (χ4v) is 2.55. The predicted molar refractivity (Wildman–Crippen MR) is 74.5 cm³/mol. The lowest BCUT2D eigenvalue weighted by Crippen LogP contribution is -2.09. The molecule has 1 aromatic heterocycles. The van der Waals surface area contributed by atoms with Gasteiger partial charge in [0, 0.05) is 16.0 Å². The molecule has 0 atom stereocenters. The van der Waals surface area contributed by atoms with Crippen molar-refractivity contribution in [3.8, 4) is 0 Å². The van der Waals surface area contributed by atoms with Gasteiger partial charge in [-0.2, -0.15) is 0 Å². The summed E-state index contributed by atoms with van der Waals surface area (Å²) in [6.45, 7) is 0.367. The zero-order valence-electron chi connectivity index (χ0n) is 10.4. The average Bonchev–Trinajstić information content (AvgIpc) is 3.15. The van der Waals surface area contributed by atoms with Gasteiger partial charge in [0.15, 0.2) is 5.69 Å². The Labute approximate surface area is 125 Å². The molecule has 7 heteroatoms. The van der Waals surface area contributed by atoms with Gasteiger partial charge in [-0.3, -0.25) is 0 Å². The quantitative estimate of drug-likeness (QED) is 0.941. The molecule has 0 amide bonds. The summed E-state index contributed by atoms with van der Waals surface area (Å²) < 4.78 is 1.61. The maximum absolute atomic E-state index is 11.2. The van der Waals surface area contributed by atoms with Crippen LogP contribution < -0.4 is 0 Å². The molecule has 1 N–H and O–H groups in total. The number of carbonyl (C=O) groups is 1. The van der Waals surface area contributed by atoms with E-state index in [1.807, 2.05) is 0 Å². The number of aromatic nitrogens is 3. The van der Waals surface area contributed by atoms with E-state index < -0.39 is 5.97 Å². The van der Waals surface area contributed by atoms with Crippen molar-refractivity contribution in [3.63, 3.8) is 0 Å². The molecule has 1 aliphatic rings. The molecule has 3 rings (SSSR count). The summed E-state index contributed by atoms with van der Waals surface area (Å²) in [7, 11) is 0. The summed E-state index contributed by atoms with van der Waals surface area (Å²) >= 11 is 12.1. The van der Waals surface area contributed by atoms with Crippen LogP contribution in [0.5, 0.6) is 0 Å². The molecule has 1 aliphatic carbocycles. The number of carboxylic acid groups (broad SMARTS) is 1. The fraction of sp³-hybridized carbons (Fsp3) is 0.308. The number of rotatable bonds is 4. The molecule has 1 fully saturated rings. The molecule has 104 valence electrons. The van der Waals surface area contributed by atoms with Crippen LogP contribution in [0, 0.1) is 0 Å². The Morgan fingerprint density at radius 3 is 2.80 bits per heavy atom. The minimum Gasteiger partial charge on any atom is -0.476 e. The standard InChI is InChI=1S/C13H11Cl2N3O2/c14-9-3-4-10(15)8(5-9)6-18-12(7-1-2-7)11(13(19)20)16-17-18/h3-5,7H,1-2,6H2,(H,19,20). The van der Waals surface area contributed by atoms with Gasteiger partial charge in [0.05, 0.1) is 12.2 Å². The van der Waals surface area contributed by atoms with Crippen LogP contribution in [0.15, 0.2) is 18.2 Å². The van der Waals surface area contributed by atoms with E-state index in [1.165, 1.54) is 0 Å². The molecular formula is C13H11Cl2N3O2. The highest BCUT2D eigenvalue weighted by Gasteiger charge is 2.33. The first-order valence-electron chi connectivity index (χ1n) is 6.17. The minimum atomic E-state index is -1.05. The zero-order valence-corrected chi connectivity index (χ0v) is 11.9. The molecule has 0 bridgehead atoms. The number of nitrogens with zero attached hydrogens (tertiary/aromatic N) is 3. The van der Waals surface area contributed by atoms with E-state index >= 15 is 0 Å². The van der Waals surface area contributed by atoms with E-state index in [9.17, 15) is 4.79 Å². The molecule has 1 heterocycles. The Hall–Kier alpha value is -1.59. The summed E-state index contributed by atoms with van der Waals surface area (Å²) in [5, 5.41) is 18.0. The highest BCUT2D eigenvalue weighted by atomic mass is 35.5. The van der Waals surface area contributed by atoms with Gasteiger partial charge in [0.25, 0.3) is 0 Å². The van der Waals surface area contributed by atoms with E-state index in [0.29, 0.717) is 22.3 Å². The first-order chi connectivity index (χ1) is 9.56. The van der Waals surface area contributed by atoms with Gasteiger partial charge in [0.2, 0.25) is 0 Å². The van der Waals surface area contributed by atoms with Crippen LogP contribution >= 0.6 is 23.2 Å². The largest absolute Gasteiger partial charge is 0.476 e. The van der Waals surface area contributed by atoms with Crippen molar-refractivity contribution in [3.05, 3.63) is 45.2 Å². The van der Waals surface area contributed by atoms with Gasteiger partial charge in [-0.15, -0.1) is 5.10 Å². The lowest BCUT2D eigenvalue weighted by molar-refractivity contribution is 0.0689. The van der Waals surface area contributed by atoms with Gasteiger partial charge < -0.3 is 5.11 Å². The molecule has 0 radical (unpaired) electrons. The van der Waals surface area contributed by atoms with E-state index in [-0.39, 0.29) is 11.6 Å².